The summed E-state index contributed by atoms with van der Waals surface area (Å²) < 4.78 is 0. The highest BCUT2D eigenvalue weighted by Crippen LogP contribution is 2.38. The van der Waals surface area contributed by atoms with Crippen LogP contribution in [0.1, 0.15) is 62.0 Å². The lowest BCUT2D eigenvalue weighted by Gasteiger charge is -2.28. The number of carbonyl (C=O) groups is 1. The number of benzene rings is 2. The van der Waals surface area contributed by atoms with Crippen molar-refractivity contribution in [3.05, 3.63) is 85.0 Å². The predicted molar refractivity (Wildman–Crippen MR) is 128 cm³/mol. The van der Waals surface area contributed by atoms with Crippen LogP contribution in [0.15, 0.2) is 73.8 Å². The number of carbonyl (C=O) groups excluding carboxylic acids is 1. The average molecular weight is 402 g/mol. The third-order valence-electron chi connectivity index (χ3n) is 6.42. The summed E-state index contributed by atoms with van der Waals surface area (Å²) in [5, 5.41) is 2.82. The second kappa shape index (κ2) is 11.5. The molecule has 0 unspecified atom stereocenters. The molecule has 2 aromatic rings. The first-order chi connectivity index (χ1) is 14.7. The molecule has 158 valence electrons. The van der Waals surface area contributed by atoms with Crippen molar-refractivity contribution in [2.45, 2.75) is 57.3 Å². The highest BCUT2D eigenvalue weighted by Gasteiger charge is 2.21. The van der Waals surface area contributed by atoms with Crippen molar-refractivity contribution in [3.8, 4) is 11.1 Å². The van der Waals surface area contributed by atoms with Crippen LogP contribution in [0.5, 0.6) is 0 Å². The van der Waals surface area contributed by atoms with E-state index < -0.39 is 0 Å². The van der Waals surface area contributed by atoms with Crippen LogP contribution in [-0.4, -0.2) is 12.5 Å². The molecule has 2 heteroatoms. The third-order valence-corrected chi connectivity index (χ3v) is 6.42. The van der Waals surface area contributed by atoms with Gasteiger partial charge in [-0.1, -0.05) is 61.2 Å². The standard InChI is InChI=1S/C28H35NO/c1-3-5-7-22-9-13-24(14-10-22)26-17-19-27(20-18-26)25-15-11-23(12-16-25)8-6-21-29-28(30)4-2/h3-4,11-12,15-20,22,24H,1-2,5-10,13-14,21H2,(H,29,30). The summed E-state index contributed by atoms with van der Waals surface area (Å²) in [6.45, 7) is 8.00. The number of nitrogens with one attached hydrogen (secondary N) is 1. The molecule has 0 radical (unpaired) electrons. The summed E-state index contributed by atoms with van der Waals surface area (Å²) in [5.74, 6) is 1.52. The molecule has 0 saturated heterocycles. The quantitative estimate of drug-likeness (QED) is 0.264. The van der Waals surface area contributed by atoms with Crippen molar-refractivity contribution in [3.63, 3.8) is 0 Å². The van der Waals surface area contributed by atoms with E-state index in [-0.39, 0.29) is 5.91 Å². The summed E-state index contributed by atoms with van der Waals surface area (Å²) in [6, 6.07) is 18.0. The van der Waals surface area contributed by atoms with Crippen LogP contribution in [0.2, 0.25) is 0 Å². The van der Waals surface area contributed by atoms with Gasteiger partial charge in [-0.25, -0.2) is 0 Å². The fraction of sp³-hybridized carbons (Fsp3) is 0.393. The van der Waals surface area contributed by atoms with Crippen molar-refractivity contribution in [2.75, 3.05) is 6.54 Å². The van der Waals surface area contributed by atoms with Crippen molar-refractivity contribution < 1.29 is 4.79 Å². The molecule has 0 aliphatic heterocycles. The molecule has 3 rings (SSSR count). The van der Waals surface area contributed by atoms with Gasteiger partial charge in [0.15, 0.2) is 0 Å². The van der Waals surface area contributed by atoms with Crippen molar-refractivity contribution in [1.29, 1.82) is 0 Å². The molecule has 1 amide bonds. The maximum Gasteiger partial charge on any atom is 0.243 e. The number of rotatable bonds is 10. The number of hydrogen-bond donors (Lipinski definition) is 1. The van der Waals surface area contributed by atoms with Crippen LogP contribution in [0.3, 0.4) is 0 Å². The van der Waals surface area contributed by atoms with E-state index in [1.54, 1.807) is 0 Å². The third kappa shape index (κ3) is 6.45. The van der Waals surface area contributed by atoms with Crippen molar-refractivity contribution in [1.82, 2.24) is 5.32 Å². The van der Waals surface area contributed by atoms with Gasteiger partial charge in [-0.3, -0.25) is 4.79 Å². The van der Waals surface area contributed by atoms with Gasteiger partial charge in [-0.05, 0) is 91.5 Å². The SMILES string of the molecule is C=CCCC1CCC(c2ccc(-c3ccc(CCCNC(=O)C=C)cc3)cc2)CC1. The van der Waals surface area contributed by atoms with Crippen molar-refractivity contribution >= 4 is 5.91 Å². The predicted octanol–water partition coefficient (Wildman–Crippen LogP) is 6.83. The molecule has 1 saturated carbocycles. The Hall–Kier alpha value is -2.61. The Bertz CT molecular complexity index is 811. The van der Waals surface area contributed by atoms with E-state index in [0.29, 0.717) is 6.54 Å². The number of allylic oxidation sites excluding steroid dienone is 1. The molecule has 1 fully saturated rings. The maximum absolute atomic E-state index is 11.2. The highest BCUT2D eigenvalue weighted by atomic mass is 16.1. The van der Waals surface area contributed by atoms with Crippen LogP contribution < -0.4 is 5.32 Å². The van der Waals surface area contributed by atoms with Gasteiger partial charge in [-0.2, -0.15) is 0 Å². The van der Waals surface area contributed by atoms with E-state index in [9.17, 15) is 4.79 Å². The number of hydrogen-bond acceptors (Lipinski definition) is 1. The van der Waals surface area contributed by atoms with Crippen LogP contribution in [0.25, 0.3) is 11.1 Å². The molecule has 0 heterocycles. The zero-order chi connectivity index (χ0) is 21.2. The number of aryl methyl sites for hydroxylation is 1. The van der Waals surface area contributed by atoms with E-state index >= 15 is 0 Å². The molecule has 2 nitrogen and oxygen atoms in total. The van der Waals surface area contributed by atoms with E-state index in [1.807, 2.05) is 0 Å². The molecule has 0 atom stereocenters. The minimum Gasteiger partial charge on any atom is -0.353 e. The fourth-order valence-electron chi connectivity index (χ4n) is 4.53. The minimum atomic E-state index is -0.102. The lowest BCUT2D eigenvalue weighted by atomic mass is 9.77. The van der Waals surface area contributed by atoms with Crippen LogP contribution in [0.4, 0.5) is 0 Å². The molecule has 30 heavy (non-hydrogen) atoms. The summed E-state index contributed by atoms with van der Waals surface area (Å²) in [6.07, 6.45) is 13.1. The second-order valence-electron chi connectivity index (χ2n) is 8.50. The molecular formula is C28H35NO. The van der Waals surface area contributed by atoms with Gasteiger partial charge in [-0.15, -0.1) is 6.58 Å². The maximum atomic E-state index is 11.2. The Labute approximate surface area is 182 Å². The first-order valence-electron chi connectivity index (χ1n) is 11.4. The van der Waals surface area contributed by atoms with Gasteiger partial charge in [0, 0.05) is 6.54 Å². The summed E-state index contributed by atoms with van der Waals surface area (Å²) in [7, 11) is 0. The van der Waals surface area contributed by atoms with Gasteiger partial charge >= 0.3 is 0 Å². The topological polar surface area (TPSA) is 29.1 Å². The Morgan fingerprint density at radius 3 is 2.17 bits per heavy atom. The smallest absolute Gasteiger partial charge is 0.243 e. The second-order valence-corrected chi connectivity index (χ2v) is 8.50. The van der Waals surface area contributed by atoms with Crippen molar-refractivity contribution in [2.24, 2.45) is 5.92 Å². The lowest BCUT2D eigenvalue weighted by molar-refractivity contribution is -0.116. The first-order valence-corrected chi connectivity index (χ1v) is 11.4. The van der Waals surface area contributed by atoms with Gasteiger partial charge < -0.3 is 5.32 Å². The zero-order valence-corrected chi connectivity index (χ0v) is 18.1. The highest BCUT2D eigenvalue weighted by molar-refractivity contribution is 5.86. The Morgan fingerprint density at radius 1 is 0.933 bits per heavy atom. The van der Waals surface area contributed by atoms with Gasteiger partial charge in [0.05, 0.1) is 0 Å². The Kier molecular flexibility index (Phi) is 8.50. The summed E-state index contributed by atoms with van der Waals surface area (Å²) in [4.78, 5) is 11.2. The summed E-state index contributed by atoms with van der Waals surface area (Å²) >= 11 is 0. The molecule has 1 aliphatic carbocycles. The largest absolute Gasteiger partial charge is 0.353 e. The monoisotopic (exact) mass is 401 g/mol. The van der Waals surface area contributed by atoms with E-state index in [1.165, 1.54) is 60.4 Å². The molecule has 0 spiro atoms. The molecule has 0 aromatic heterocycles. The average Bonchev–Trinajstić information content (AvgIpc) is 2.81. The zero-order valence-electron chi connectivity index (χ0n) is 18.1. The number of amides is 1. The lowest BCUT2D eigenvalue weighted by Crippen LogP contribution is -2.22. The fourth-order valence-corrected chi connectivity index (χ4v) is 4.53. The molecule has 2 aromatic carbocycles. The normalized spacial score (nSPS) is 18.5. The van der Waals surface area contributed by atoms with E-state index in [0.717, 1.165) is 31.1 Å². The minimum absolute atomic E-state index is 0.102. The van der Waals surface area contributed by atoms with Gasteiger partial charge in [0.25, 0.3) is 0 Å². The van der Waals surface area contributed by atoms with Crippen LogP contribution in [-0.2, 0) is 11.2 Å². The molecule has 1 N–H and O–H groups in total. The molecular weight excluding hydrogens is 366 g/mol. The first kappa shape index (κ1) is 22.1. The summed E-state index contributed by atoms with van der Waals surface area (Å²) in [5.41, 5.74) is 5.34. The van der Waals surface area contributed by atoms with Gasteiger partial charge in [0.1, 0.15) is 0 Å². The molecule has 1 aliphatic rings. The van der Waals surface area contributed by atoms with E-state index in [2.05, 4.69) is 73.1 Å². The van der Waals surface area contributed by atoms with Gasteiger partial charge in [0.2, 0.25) is 5.91 Å². The van der Waals surface area contributed by atoms with Crippen LogP contribution in [0, 0.1) is 5.92 Å². The van der Waals surface area contributed by atoms with E-state index in [4.69, 9.17) is 0 Å². The van der Waals surface area contributed by atoms with Crippen LogP contribution >= 0.6 is 0 Å². The molecule has 0 bridgehead atoms. The Morgan fingerprint density at radius 2 is 1.57 bits per heavy atom. The Balaban J connectivity index is 1.49.